The number of aliphatic hydroxyl groups is 4. The molecule has 2 unspecified atom stereocenters. The summed E-state index contributed by atoms with van der Waals surface area (Å²) in [5.41, 5.74) is 5.72. The second-order valence-corrected chi connectivity index (χ2v) is 7.75. The van der Waals surface area contributed by atoms with Crippen LogP contribution in [0.25, 0.3) is 0 Å². The number of esters is 1. The third-order valence-electron chi connectivity index (χ3n) is 5.22. The van der Waals surface area contributed by atoms with Crippen LogP contribution in [0.1, 0.15) is 77.6 Å². The lowest BCUT2D eigenvalue weighted by Gasteiger charge is -2.39. The van der Waals surface area contributed by atoms with E-state index in [0.29, 0.717) is 6.42 Å². The first-order valence-corrected chi connectivity index (χ1v) is 10.7. The van der Waals surface area contributed by atoms with E-state index in [1.54, 1.807) is 0 Å². The first kappa shape index (κ1) is 25.3. The van der Waals surface area contributed by atoms with Gasteiger partial charge in [0.25, 0.3) is 0 Å². The van der Waals surface area contributed by atoms with Gasteiger partial charge in [-0.1, -0.05) is 64.7 Å². The summed E-state index contributed by atoms with van der Waals surface area (Å²) in [6.45, 7) is 1.66. The number of nitrogens with two attached hydrogens (primary N) is 1. The summed E-state index contributed by atoms with van der Waals surface area (Å²) in [6, 6.07) is -1.13. The lowest BCUT2D eigenvalue weighted by atomic mass is 9.98. The zero-order valence-electron chi connectivity index (χ0n) is 17.0. The predicted molar refractivity (Wildman–Crippen MR) is 104 cm³/mol. The molecule has 8 heteroatoms. The highest BCUT2D eigenvalue weighted by Crippen LogP contribution is 2.21. The summed E-state index contributed by atoms with van der Waals surface area (Å²) in [7, 11) is 0. The smallest absolute Gasteiger partial charge is 0.310 e. The molecule has 1 rings (SSSR count). The topological polar surface area (TPSA) is 142 Å². The summed E-state index contributed by atoms with van der Waals surface area (Å²) >= 11 is 0. The Hall–Kier alpha value is -0.770. The maximum Gasteiger partial charge on any atom is 0.310 e. The number of aliphatic hydroxyl groups excluding tert-OH is 4. The second-order valence-electron chi connectivity index (χ2n) is 7.75. The Balaban J connectivity index is 2.17. The molecule has 1 aliphatic rings. The van der Waals surface area contributed by atoms with Gasteiger partial charge in [0.2, 0.25) is 6.29 Å². The molecule has 6 atom stereocenters. The van der Waals surface area contributed by atoms with Crippen LogP contribution in [0.3, 0.4) is 0 Å². The molecule has 1 heterocycles. The average Bonchev–Trinajstić information content (AvgIpc) is 2.67. The van der Waals surface area contributed by atoms with E-state index in [2.05, 4.69) is 6.92 Å². The van der Waals surface area contributed by atoms with Gasteiger partial charge in [0, 0.05) is 0 Å². The quantitative estimate of drug-likeness (QED) is 0.212. The normalized spacial score (nSPS) is 28.9. The summed E-state index contributed by atoms with van der Waals surface area (Å²) in [5.74, 6) is -0.691. The molecule has 0 aromatic heterocycles. The molecule has 0 aromatic rings. The van der Waals surface area contributed by atoms with Crippen molar-refractivity contribution in [2.24, 2.45) is 5.73 Å². The highest BCUT2D eigenvalue weighted by molar-refractivity contribution is 5.70. The van der Waals surface area contributed by atoms with Crippen molar-refractivity contribution in [2.45, 2.75) is 114 Å². The SMILES string of the molecule is CCCCCCCCCCCC(O)CC(=O)OC1O[C@H](CO)[C@@H](O)[C@H](O)[C@H]1N. The Morgan fingerprint density at radius 1 is 1.04 bits per heavy atom. The van der Waals surface area contributed by atoms with Gasteiger partial charge in [-0.25, -0.2) is 0 Å². The van der Waals surface area contributed by atoms with Crippen LogP contribution in [0.4, 0.5) is 0 Å². The molecule has 1 saturated heterocycles. The number of unbranched alkanes of at least 4 members (excludes halogenated alkanes) is 8. The fourth-order valence-electron chi connectivity index (χ4n) is 3.37. The molecule has 28 heavy (non-hydrogen) atoms. The van der Waals surface area contributed by atoms with E-state index in [1.807, 2.05) is 0 Å². The molecule has 1 fully saturated rings. The minimum absolute atomic E-state index is 0.188. The molecular weight excluding hydrogens is 366 g/mol. The molecule has 1 aliphatic heterocycles. The lowest BCUT2D eigenvalue weighted by molar-refractivity contribution is -0.259. The Morgan fingerprint density at radius 3 is 2.18 bits per heavy atom. The number of ether oxygens (including phenoxy) is 2. The van der Waals surface area contributed by atoms with Gasteiger partial charge in [-0.05, 0) is 6.42 Å². The largest absolute Gasteiger partial charge is 0.434 e. The van der Waals surface area contributed by atoms with Crippen molar-refractivity contribution in [3.8, 4) is 0 Å². The minimum Gasteiger partial charge on any atom is -0.434 e. The molecule has 166 valence electrons. The minimum atomic E-state index is -1.38. The van der Waals surface area contributed by atoms with Gasteiger partial charge in [0.05, 0.1) is 25.2 Å². The van der Waals surface area contributed by atoms with Crippen LogP contribution in [-0.2, 0) is 14.3 Å². The third-order valence-corrected chi connectivity index (χ3v) is 5.22. The molecule has 0 aromatic carbocycles. The van der Waals surface area contributed by atoms with Crippen molar-refractivity contribution in [3.05, 3.63) is 0 Å². The molecular formula is C20H39NO7. The van der Waals surface area contributed by atoms with Gasteiger partial charge >= 0.3 is 5.97 Å². The van der Waals surface area contributed by atoms with E-state index >= 15 is 0 Å². The number of hydrogen-bond donors (Lipinski definition) is 5. The van der Waals surface area contributed by atoms with E-state index in [-0.39, 0.29) is 6.42 Å². The maximum absolute atomic E-state index is 12.0. The number of carbonyl (C=O) groups excluding carboxylic acids is 1. The first-order valence-electron chi connectivity index (χ1n) is 10.7. The van der Waals surface area contributed by atoms with E-state index < -0.39 is 49.3 Å². The lowest BCUT2D eigenvalue weighted by Crippen LogP contribution is -2.62. The molecule has 8 nitrogen and oxygen atoms in total. The fourth-order valence-corrected chi connectivity index (χ4v) is 3.37. The summed E-state index contributed by atoms with van der Waals surface area (Å²) in [4.78, 5) is 12.0. The Labute approximate surface area is 168 Å². The monoisotopic (exact) mass is 405 g/mol. The van der Waals surface area contributed by atoms with Crippen LogP contribution in [0, 0.1) is 0 Å². The van der Waals surface area contributed by atoms with Crippen molar-refractivity contribution in [1.82, 2.24) is 0 Å². The molecule has 0 aliphatic carbocycles. The summed E-state index contributed by atoms with van der Waals surface area (Å²) in [6.07, 6.45) is 5.06. The number of carbonyl (C=O) groups is 1. The first-order chi connectivity index (χ1) is 13.4. The van der Waals surface area contributed by atoms with E-state index in [0.717, 1.165) is 19.3 Å². The fraction of sp³-hybridized carbons (Fsp3) is 0.950. The number of hydrogen-bond acceptors (Lipinski definition) is 8. The van der Waals surface area contributed by atoms with Gasteiger partial charge in [-0.15, -0.1) is 0 Å². The van der Waals surface area contributed by atoms with Crippen molar-refractivity contribution in [3.63, 3.8) is 0 Å². The van der Waals surface area contributed by atoms with Gasteiger partial charge in [0.1, 0.15) is 18.3 Å². The van der Waals surface area contributed by atoms with Crippen LogP contribution in [-0.4, -0.2) is 69.8 Å². The van der Waals surface area contributed by atoms with Crippen LogP contribution >= 0.6 is 0 Å². The second kappa shape index (κ2) is 14.3. The average molecular weight is 406 g/mol. The van der Waals surface area contributed by atoms with Crippen molar-refractivity contribution in [2.75, 3.05) is 6.61 Å². The van der Waals surface area contributed by atoms with Crippen LogP contribution in [0.5, 0.6) is 0 Å². The number of rotatable bonds is 14. The van der Waals surface area contributed by atoms with E-state index in [9.17, 15) is 20.1 Å². The standard InChI is InChI=1S/C20H39NO7/c1-2-3-4-5-6-7-8-9-10-11-14(23)12-16(24)28-20-17(21)19(26)18(25)15(13-22)27-20/h14-15,17-20,22-23,25-26H,2-13,21H2,1H3/t14?,15-,17-,18-,19-,20?/m1/s1. The molecule has 0 amide bonds. The van der Waals surface area contributed by atoms with Crippen molar-refractivity contribution in [1.29, 1.82) is 0 Å². The van der Waals surface area contributed by atoms with E-state index in [1.165, 1.54) is 38.5 Å². The maximum atomic E-state index is 12.0. The highest BCUT2D eigenvalue weighted by atomic mass is 16.7. The molecule has 6 N–H and O–H groups in total. The Kier molecular flexibility index (Phi) is 12.9. The Bertz CT molecular complexity index is 421. The molecule has 0 bridgehead atoms. The van der Waals surface area contributed by atoms with Gasteiger partial charge < -0.3 is 35.6 Å². The third kappa shape index (κ3) is 9.15. The molecule has 0 radical (unpaired) electrons. The summed E-state index contributed by atoms with van der Waals surface area (Å²) in [5, 5.41) is 38.7. The Morgan fingerprint density at radius 2 is 1.61 bits per heavy atom. The van der Waals surface area contributed by atoms with Gasteiger partial charge in [-0.3, -0.25) is 4.79 Å². The van der Waals surface area contributed by atoms with Crippen LogP contribution in [0.2, 0.25) is 0 Å². The van der Waals surface area contributed by atoms with Gasteiger partial charge in [-0.2, -0.15) is 0 Å². The highest BCUT2D eigenvalue weighted by Gasteiger charge is 2.44. The predicted octanol–water partition coefficient (Wildman–Crippen LogP) is 0.968. The van der Waals surface area contributed by atoms with Crippen molar-refractivity contribution < 1.29 is 34.7 Å². The van der Waals surface area contributed by atoms with Crippen LogP contribution < -0.4 is 5.73 Å². The van der Waals surface area contributed by atoms with Crippen LogP contribution in [0.15, 0.2) is 0 Å². The van der Waals surface area contributed by atoms with Gasteiger partial charge in [0.15, 0.2) is 0 Å². The zero-order chi connectivity index (χ0) is 20.9. The zero-order valence-corrected chi connectivity index (χ0v) is 17.0. The molecule has 0 spiro atoms. The van der Waals surface area contributed by atoms with Crippen molar-refractivity contribution >= 4 is 5.97 Å². The molecule has 0 saturated carbocycles. The van der Waals surface area contributed by atoms with E-state index in [4.69, 9.17) is 20.3 Å². The summed E-state index contributed by atoms with van der Waals surface area (Å²) < 4.78 is 10.3.